The lowest BCUT2D eigenvalue weighted by Crippen LogP contribution is -2.32. The smallest absolute Gasteiger partial charge is 0.291 e. The normalized spacial score (nSPS) is 19.9. The summed E-state index contributed by atoms with van der Waals surface area (Å²) in [5.74, 6) is -2.64. The second-order valence-electron chi connectivity index (χ2n) is 6.31. The van der Waals surface area contributed by atoms with Gasteiger partial charge in [-0.2, -0.15) is 0 Å². The fourth-order valence-corrected chi connectivity index (χ4v) is 3.64. The number of amides is 1. The number of benzene rings is 2. The molecular weight excluding hydrogens is 373 g/mol. The first-order chi connectivity index (χ1) is 12.4. The molecule has 6 heteroatoms. The van der Waals surface area contributed by atoms with Crippen LogP contribution in [0.5, 0.6) is 0 Å². The largest absolute Gasteiger partial charge is 0.328 e. The molecule has 1 amide bonds. The van der Waals surface area contributed by atoms with Gasteiger partial charge in [0, 0.05) is 6.54 Å². The van der Waals surface area contributed by atoms with Gasteiger partial charge in [0.25, 0.3) is 5.91 Å². The zero-order valence-electron chi connectivity index (χ0n) is 14.1. The van der Waals surface area contributed by atoms with Gasteiger partial charge in [-0.1, -0.05) is 59.6 Å². The van der Waals surface area contributed by atoms with Gasteiger partial charge in [0.15, 0.2) is 0 Å². The van der Waals surface area contributed by atoms with E-state index in [4.69, 9.17) is 23.2 Å². The van der Waals surface area contributed by atoms with E-state index in [9.17, 15) is 14.4 Å². The van der Waals surface area contributed by atoms with E-state index in [1.165, 1.54) is 11.8 Å². The molecule has 4 nitrogen and oxygen atoms in total. The number of carbonyl (C=O) groups excluding carboxylic acids is 3. The van der Waals surface area contributed by atoms with Crippen molar-refractivity contribution in [1.29, 1.82) is 0 Å². The highest BCUT2D eigenvalue weighted by molar-refractivity contribution is 6.43. The molecule has 0 radical (unpaired) electrons. The van der Waals surface area contributed by atoms with Gasteiger partial charge in [0.1, 0.15) is 11.7 Å². The van der Waals surface area contributed by atoms with Gasteiger partial charge in [0.05, 0.1) is 16.1 Å². The fourth-order valence-electron chi connectivity index (χ4n) is 3.33. The molecule has 2 atom stereocenters. The van der Waals surface area contributed by atoms with E-state index in [1.807, 2.05) is 30.3 Å². The maximum atomic E-state index is 12.5. The number of likely N-dealkylation sites (tertiary alicyclic amines) is 1. The molecule has 26 heavy (non-hydrogen) atoms. The lowest BCUT2D eigenvalue weighted by molar-refractivity contribution is -0.142. The van der Waals surface area contributed by atoms with Crippen LogP contribution in [0.2, 0.25) is 10.0 Å². The van der Waals surface area contributed by atoms with Gasteiger partial charge in [-0.15, -0.1) is 0 Å². The minimum Gasteiger partial charge on any atom is -0.328 e. The summed E-state index contributed by atoms with van der Waals surface area (Å²) in [4.78, 5) is 38.5. The number of halogens is 2. The molecule has 1 aliphatic heterocycles. The number of carbonyl (C=O) groups is 3. The first kappa shape index (κ1) is 18.6. The molecule has 1 fully saturated rings. The van der Waals surface area contributed by atoms with Crippen LogP contribution in [0.1, 0.15) is 24.1 Å². The fraction of sp³-hybridized carbons (Fsp3) is 0.250. The van der Waals surface area contributed by atoms with Crippen molar-refractivity contribution >= 4 is 40.7 Å². The van der Waals surface area contributed by atoms with Crippen LogP contribution in [-0.4, -0.2) is 28.9 Å². The Labute approximate surface area is 161 Å². The van der Waals surface area contributed by atoms with Crippen LogP contribution >= 0.6 is 23.2 Å². The molecule has 0 aliphatic carbocycles. The van der Waals surface area contributed by atoms with Gasteiger partial charge >= 0.3 is 0 Å². The van der Waals surface area contributed by atoms with Crippen LogP contribution in [0.4, 0.5) is 0 Å². The molecule has 0 bridgehead atoms. The Morgan fingerprint density at radius 1 is 1.04 bits per heavy atom. The predicted molar refractivity (Wildman–Crippen MR) is 100 cm³/mol. The summed E-state index contributed by atoms with van der Waals surface area (Å²) in [6.07, 6.45) is 0.586. The van der Waals surface area contributed by atoms with Crippen molar-refractivity contribution in [2.45, 2.75) is 19.4 Å². The number of Topliss-reactive ketones (excluding diaryl/α,β-unsaturated/α-hetero) is 2. The highest BCUT2D eigenvalue weighted by Gasteiger charge is 2.50. The molecular formula is C20H17Cl2NO3. The minimum atomic E-state index is -1.02. The molecule has 2 aromatic rings. The number of nitrogens with zero attached hydrogens (tertiary/aromatic N) is 1. The van der Waals surface area contributed by atoms with Crippen molar-refractivity contribution in [3.8, 4) is 0 Å². The molecule has 2 unspecified atom stereocenters. The third-order valence-electron chi connectivity index (χ3n) is 4.61. The lowest BCUT2D eigenvalue weighted by atomic mass is 9.90. The molecule has 3 rings (SSSR count). The second kappa shape index (κ2) is 7.60. The van der Waals surface area contributed by atoms with E-state index < -0.39 is 23.7 Å². The van der Waals surface area contributed by atoms with E-state index in [2.05, 4.69) is 0 Å². The SMILES string of the molecule is CC(=O)C1C(=O)C(=O)N(CCc2ccccc2)C1c1ccc(Cl)c(Cl)c1. The Morgan fingerprint density at radius 3 is 2.35 bits per heavy atom. The number of rotatable bonds is 5. The number of hydrogen-bond acceptors (Lipinski definition) is 3. The molecule has 1 heterocycles. The molecule has 134 valence electrons. The van der Waals surface area contributed by atoms with Crippen molar-refractivity contribution in [3.63, 3.8) is 0 Å². The van der Waals surface area contributed by atoms with Crippen molar-refractivity contribution in [3.05, 3.63) is 69.7 Å². The molecule has 0 spiro atoms. The van der Waals surface area contributed by atoms with Crippen LogP contribution in [-0.2, 0) is 20.8 Å². The Hall–Kier alpha value is -2.17. The Balaban J connectivity index is 1.95. The summed E-state index contributed by atoms with van der Waals surface area (Å²) in [5, 5.41) is 0.697. The summed E-state index contributed by atoms with van der Waals surface area (Å²) in [5.41, 5.74) is 1.68. The maximum absolute atomic E-state index is 12.5. The summed E-state index contributed by atoms with van der Waals surface area (Å²) in [6, 6.07) is 13.9. The average Bonchev–Trinajstić information content (AvgIpc) is 2.88. The van der Waals surface area contributed by atoms with Crippen molar-refractivity contribution in [2.75, 3.05) is 6.54 Å². The Morgan fingerprint density at radius 2 is 1.73 bits per heavy atom. The monoisotopic (exact) mass is 389 g/mol. The van der Waals surface area contributed by atoms with Gasteiger partial charge in [0.2, 0.25) is 5.78 Å². The molecule has 2 aromatic carbocycles. The van der Waals surface area contributed by atoms with E-state index in [1.54, 1.807) is 18.2 Å². The van der Waals surface area contributed by atoms with Crippen LogP contribution in [0.3, 0.4) is 0 Å². The number of ketones is 2. The predicted octanol–water partition coefficient (Wildman–Crippen LogP) is 3.89. The third-order valence-corrected chi connectivity index (χ3v) is 5.35. The van der Waals surface area contributed by atoms with E-state index in [0.29, 0.717) is 28.6 Å². The van der Waals surface area contributed by atoms with Crippen molar-refractivity contribution in [1.82, 2.24) is 4.90 Å². The average molecular weight is 390 g/mol. The Bertz CT molecular complexity index is 867. The minimum absolute atomic E-state index is 0.321. The van der Waals surface area contributed by atoms with Crippen molar-refractivity contribution < 1.29 is 14.4 Å². The van der Waals surface area contributed by atoms with Gasteiger partial charge in [-0.3, -0.25) is 14.4 Å². The molecule has 0 saturated carbocycles. The zero-order chi connectivity index (χ0) is 18.8. The summed E-state index contributed by atoms with van der Waals surface area (Å²) >= 11 is 12.1. The number of hydrogen-bond donors (Lipinski definition) is 0. The molecule has 0 aromatic heterocycles. The van der Waals surface area contributed by atoms with E-state index in [0.717, 1.165) is 5.56 Å². The van der Waals surface area contributed by atoms with Gasteiger partial charge < -0.3 is 4.90 Å². The van der Waals surface area contributed by atoms with Gasteiger partial charge in [-0.25, -0.2) is 0 Å². The molecule has 1 saturated heterocycles. The standard InChI is InChI=1S/C20H17Cl2NO3/c1-12(24)17-18(14-7-8-15(21)16(22)11-14)23(20(26)19(17)25)10-9-13-5-3-2-4-6-13/h2-8,11,17-18H,9-10H2,1H3. The van der Waals surface area contributed by atoms with E-state index >= 15 is 0 Å². The van der Waals surface area contributed by atoms with Crippen LogP contribution < -0.4 is 0 Å². The highest BCUT2D eigenvalue weighted by atomic mass is 35.5. The van der Waals surface area contributed by atoms with Crippen LogP contribution in [0.25, 0.3) is 0 Å². The first-order valence-corrected chi connectivity index (χ1v) is 9.00. The molecule has 0 N–H and O–H groups in total. The topological polar surface area (TPSA) is 54.5 Å². The van der Waals surface area contributed by atoms with Crippen LogP contribution in [0, 0.1) is 5.92 Å². The zero-order valence-corrected chi connectivity index (χ0v) is 15.6. The quantitative estimate of drug-likeness (QED) is 0.575. The first-order valence-electron chi connectivity index (χ1n) is 8.24. The van der Waals surface area contributed by atoms with Crippen molar-refractivity contribution in [2.24, 2.45) is 5.92 Å². The second-order valence-corrected chi connectivity index (χ2v) is 7.12. The van der Waals surface area contributed by atoms with Gasteiger partial charge in [-0.05, 0) is 36.6 Å². The lowest BCUT2D eigenvalue weighted by Gasteiger charge is -2.27. The highest BCUT2D eigenvalue weighted by Crippen LogP contribution is 2.38. The summed E-state index contributed by atoms with van der Waals surface area (Å²) < 4.78 is 0. The third kappa shape index (κ3) is 3.53. The summed E-state index contributed by atoms with van der Waals surface area (Å²) in [6.45, 7) is 1.67. The molecule has 1 aliphatic rings. The maximum Gasteiger partial charge on any atom is 0.291 e. The van der Waals surface area contributed by atoms with E-state index in [-0.39, 0.29) is 5.78 Å². The summed E-state index contributed by atoms with van der Waals surface area (Å²) in [7, 11) is 0. The van der Waals surface area contributed by atoms with Crippen LogP contribution in [0.15, 0.2) is 48.5 Å². The Kier molecular flexibility index (Phi) is 5.44.